The number of benzene rings is 3. The number of rotatable bonds is 5. The van der Waals surface area contributed by atoms with Crippen molar-refractivity contribution in [3.05, 3.63) is 95.6 Å². The zero-order chi connectivity index (χ0) is 26.1. The first-order valence-corrected chi connectivity index (χ1v) is 13.1. The van der Waals surface area contributed by atoms with Crippen LogP contribution in [0.5, 0.6) is 0 Å². The van der Waals surface area contributed by atoms with Crippen LogP contribution in [0.1, 0.15) is 48.3 Å². The fourth-order valence-electron chi connectivity index (χ4n) is 6.39. The number of piperidine rings is 1. The molecule has 2 fully saturated rings. The molecule has 2 heterocycles. The Hall–Kier alpha value is -4.31. The minimum absolute atomic E-state index is 0.00644. The average Bonchev–Trinajstić information content (AvgIpc) is 3.43. The molecule has 7 heteroatoms. The second kappa shape index (κ2) is 9.86. The molecule has 192 valence electrons. The highest BCUT2D eigenvalue weighted by atomic mass is 16.6. The van der Waals surface area contributed by atoms with Crippen LogP contribution >= 0.6 is 0 Å². The van der Waals surface area contributed by atoms with E-state index in [1.165, 1.54) is 22.3 Å². The minimum atomic E-state index is -1.07. The van der Waals surface area contributed by atoms with E-state index in [2.05, 4.69) is 35.7 Å². The number of fused-ring (bicyclic) bond motifs is 5. The Morgan fingerprint density at radius 2 is 1.45 bits per heavy atom. The molecule has 38 heavy (non-hydrogen) atoms. The van der Waals surface area contributed by atoms with Crippen molar-refractivity contribution in [3.8, 4) is 17.2 Å². The fraction of sp³-hybridized carbons (Fsp3) is 0.323. The van der Waals surface area contributed by atoms with Crippen molar-refractivity contribution in [1.82, 2.24) is 10.2 Å². The predicted molar refractivity (Wildman–Crippen MR) is 141 cm³/mol. The summed E-state index contributed by atoms with van der Waals surface area (Å²) in [6.45, 7) is 0.392. The third-order valence-corrected chi connectivity index (χ3v) is 8.10. The molecule has 7 nitrogen and oxygen atoms in total. The molecular weight excluding hydrogens is 478 g/mol. The standard InChI is InChI=1S/C31H29N3O4/c32-20-31(33-29(35)37-18-21-8-2-1-3-9-21)16-22-14-15-23(17-31)34(22)30(36)38-19-28-26-12-6-4-10-24(26)25-11-5-7-13-27(25)28/h1-13,22-23,28H,14-19H2,(H,33,35). The number of nitrogens with zero attached hydrogens (tertiary/aromatic N) is 2. The number of ether oxygens (including phenoxy) is 2. The molecule has 0 spiro atoms. The molecule has 2 amide bonds. The van der Waals surface area contributed by atoms with Crippen LogP contribution in [0.15, 0.2) is 78.9 Å². The van der Waals surface area contributed by atoms with Gasteiger partial charge in [0.2, 0.25) is 0 Å². The van der Waals surface area contributed by atoms with Crippen LogP contribution in [0, 0.1) is 11.3 Å². The number of carbonyl (C=O) groups is 2. The number of nitriles is 1. The van der Waals surface area contributed by atoms with Gasteiger partial charge in [0.1, 0.15) is 18.8 Å². The Kier molecular flexibility index (Phi) is 6.24. The number of amides is 2. The SMILES string of the molecule is N#CC1(NC(=O)OCc2ccccc2)CC2CCC(C1)N2C(=O)OCC1c2ccccc2-c2ccccc21. The van der Waals surface area contributed by atoms with Gasteiger partial charge in [-0.2, -0.15) is 5.26 Å². The second-order valence-electron chi connectivity index (χ2n) is 10.4. The van der Waals surface area contributed by atoms with Crippen LogP contribution in [0.4, 0.5) is 9.59 Å². The Morgan fingerprint density at radius 1 is 0.868 bits per heavy atom. The summed E-state index contributed by atoms with van der Waals surface area (Å²) in [5.41, 5.74) is 4.52. The van der Waals surface area contributed by atoms with E-state index in [0.29, 0.717) is 12.8 Å². The summed E-state index contributed by atoms with van der Waals surface area (Å²) in [6.07, 6.45) is 1.29. The molecule has 3 aromatic carbocycles. The van der Waals surface area contributed by atoms with E-state index in [9.17, 15) is 14.9 Å². The van der Waals surface area contributed by atoms with Gasteiger partial charge in [0.05, 0.1) is 6.07 Å². The number of alkyl carbamates (subject to hydrolysis) is 1. The molecule has 1 aliphatic carbocycles. The largest absolute Gasteiger partial charge is 0.448 e. The molecule has 0 aromatic heterocycles. The van der Waals surface area contributed by atoms with Crippen molar-refractivity contribution < 1.29 is 19.1 Å². The van der Waals surface area contributed by atoms with E-state index in [0.717, 1.165) is 18.4 Å². The van der Waals surface area contributed by atoms with Crippen molar-refractivity contribution in [1.29, 1.82) is 5.26 Å². The normalized spacial score (nSPS) is 23.2. The Morgan fingerprint density at radius 3 is 2.05 bits per heavy atom. The number of hydrogen-bond donors (Lipinski definition) is 1. The van der Waals surface area contributed by atoms with E-state index in [-0.39, 0.29) is 37.3 Å². The molecule has 1 N–H and O–H groups in total. The summed E-state index contributed by atoms with van der Waals surface area (Å²) in [5.74, 6) is -0.00644. The predicted octanol–water partition coefficient (Wildman–Crippen LogP) is 5.75. The Balaban J connectivity index is 1.10. The fourth-order valence-corrected chi connectivity index (χ4v) is 6.39. The molecule has 0 saturated carbocycles. The topological polar surface area (TPSA) is 91.7 Å². The second-order valence-corrected chi connectivity index (χ2v) is 10.4. The van der Waals surface area contributed by atoms with Crippen LogP contribution in [-0.2, 0) is 16.1 Å². The van der Waals surface area contributed by atoms with E-state index < -0.39 is 11.6 Å². The molecule has 3 aliphatic rings. The van der Waals surface area contributed by atoms with Gasteiger partial charge in [-0.05, 0) is 40.7 Å². The maximum Gasteiger partial charge on any atom is 0.410 e. The molecular formula is C31H29N3O4. The first kappa shape index (κ1) is 24.1. The Labute approximate surface area is 222 Å². The maximum absolute atomic E-state index is 13.3. The molecule has 3 aromatic rings. The first-order valence-electron chi connectivity index (χ1n) is 13.1. The Bertz CT molecular complexity index is 1340. The maximum atomic E-state index is 13.3. The highest BCUT2D eigenvalue weighted by Gasteiger charge is 2.52. The first-order chi connectivity index (χ1) is 18.6. The van der Waals surface area contributed by atoms with Gasteiger partial charge >= 0.3 is 12.2 Å². The van der Waals surface area contributed by atoms with Crippen LogP contribution in [-0.4, -0.2) is 41.3 Å². The highest BCUT2D eigenvalue weighted by molar-refractivity contribution is 5.79. The number of nitrogens with one attached hydrogen (secondary N) is 1. The number of carbonyl (C=O) groups excluding carboxylic acids is 2. The van der Waals surface area contributed by atoms with Crippen molar-refractivity contribution in [3.63, 3.8) is 0 Å². The van der Waals surface area contributed by atoms with Crippen LogP contribution in [0.3, 0.4) is 0 Å². The summed E-state index contributed by atoms with van der Waals surface area (Å²) in [4.78, 5) is 27.7. The molecule has 2 bridgehead atoms. The van der Waals surface area contributed by atoms with Crippen molar-refractivity contribution in [2.24, 2.45) is 0 Å². The quantitative estimate of drug-likeness (QED) is 0.475. The lowest BCUT2D eigenvalue weighted by molar-refractivity contribution is 0.0500. The molecule has 0 radical (unpaired) electrons. The molecule has 2 atom stereocenters. The molecule has 6 rings (SSSR count). The van der Waals surface area contributed by atoms with E-state index >= 15 is 0 Å². The summed E-state index contributed by atoms with van der Waals surface area (Å²) in [7, 11) is 0. The zero-order valence-corrected chi connectivity index (χ0v) is 21.0. The van der Waals surface area contributed by atoms with Gasteiger partial charge < -0.3 is 19.7 Å². The summed E-state index contributed by atoms with van der Waals surface area (Å²) >= 11 is 0. The third-order valence-electron chi connectivity index (χ3n) is 8.10. The molecule has 2 unspecified atom stereocenters. The van der Waals surface area contributed by atoms with Gasteiger partial charge in [-0.3, -0.25) is 0 Å². The van der Waals surface area contributed by atoms with Gasteiger partial charge in [0.25, 0.3) is 0 Å². The minimum Gasteiger partial charge on any atom is -0.448 e. The molecule has 2 saturated heterocycles. The van der Waals surface area contributed by atoms with Gasteiger partial charge in [0, 0.05) is 30.8 Å². The summed E-state index contributed by atoms with van der Waals surface area (Å²) in [5, 5.41) is 12.9. The third kappa shape index (κ3) is 4.37. The summed E-state index contributed by atoms with van der Waals surface area (Å²) in [6, 6.07) is 27.9. The number of hydrogen-bond acceptors (Lipinski definition) is 5. The van der Waals surface area contributed by atoms with Crippen molar-refractivity contribution in [2.75, 3.05) is 6.61 Å². The lowest BCUT2D eigenvalue weighted by Gasteiger charge is -2.42. The lowest BCUT2D eigenvalue weighted by Crippen LogP contribution is -2.59. The van der Waals surface area contributed by atoms with Gasteiger partial charge in [-0.15, -0.1) is 0 Å². The van der Waals surface area contributed by atoms with Crippen molar-refractivity contribution >= 4 is 12.2 Å². The lowest BCUT2D eigenvalue weighted by atomic mass is 9.84. The van der Waals surface area contributed by atoms with Crippen LogP contribution in [0.2, 0.25) is 0 Å². The highest BCUT2D eigenvalue weighted by Crippen LogP contribution is 2.45. The summed E-state index contributed by atoms with van der Waals surface area (Å²) < 4.78 is 11.3. The van der Waals surface area contributed by atoms with Crippen LogP contribution in [0.25, 0.3) is 11.1 Å². The van der Waals surface area contributed by atoms with E-state index in [1.54, 1.807) is 4.90 Å². The van der Waals surface area contributed by atoms with Crippen molar-refractivity contribution in [2.45, 2.75) is 55.8 Å². The smallest absolute Gasteiger partial charge is 0.410 e. The molecule has 2 aliphatic heterocycles. The average molecular weight is 508 g/mol. The van der Waals surface area contributed by atoms with E-state index in [1.807, 2.05) is 54.6 Å². The van der Waals surface area contributed by atoms with Gasteiger partial charge in [-0.1, -0.05) is 78.9 Å². The zero-order valence-electron chi connectivity index (χ0n) is 21.0. The van der Waals surface area contributed by atoms with Gasteiger partial charge in [-0.25, -0.2) is 9.59 Å². The monoisotopic (exact) mass is 507 g/mol. The van der Waals surface area contributed by atoms with Crippen LogP contribution < -0.4 is 5.32 Å². The van der Waals surface area contributed by atoms with E-state index in [4.69, 9.17) is 9.47 Å². The van der Waals surface area contributed by atoms with Gasteiger partial charge in [0.15, 0.2) is 0 Å².